The number of aliphatic hydroxyl groups excluding tert-OH is 4. The second kappa shape index (κ2) is 8.92. The fraction of sp³-hybridized carbons (Fsp3) is 0.917. The van der Waals surface area contributed by atoms with Crippen molar-refractivity contribution < 1.29 is 47.5 Å². The van der Waals surface area contributed by atoms with Crippen molar-refractivity contribution in [3.8, 4) is 0 Å². The summed E-state index contributed by atoms with van der Waals surface area (Å²) in [6.07, 6.45) is -5.87. The molecule has 0 radical (unpaired) electrons. The smallest absolute Gasteiger partial charge is 0.394 e. The molecule has 25 heavy (non-hydrogen) atoms. The molecule has 6 N–H and O–H groups in total. The van der Waals surface area contributed by atoms with E-state index in [9.17, 15) is 28.8 Å². The Labute approximate surface area is 149 Å². The van der Waals surface area contributed by atoms with Gasteiger partial charge in [0.2, 0.25) is 0 Å². The summed E-state index contributed by atoms with van der Waals surface area (Å²) in [7, 11) is -4.89. The van der Waals surface area contributed by atoms with E-state index in [1.165, 1.54) is 6.92 Å². The van der Waals surface area contributed by atoms with Gasteiger partial charge in [0.1, 0.15) is 34.9 Å². The second-order valence-corrected chi connectivity index (χ2v) is 8.01. The molecule has 13 heteroatoms. The monoisotopic (exact) mass is 405 g/mol. The van der Waals surface area contributed by atoms with Crippen molar-refractivity contribution in [2.75, 3.05) is 6.61 Å². The maximum absolute atomic E-state index is 10.7. The first-order valence-corrected chi connectivity index (χ1v) is 9.57. The summed E-state index contributed by atoms with van der Waals surface area (Å²) in [5, 5.41) is 51.8. The van der Waals surface area contributed by atoms with E-state index in [1.807, 2.05) is 0 Å². The quantitative estimate of drug-likeness (QED) is 0.121. The molecule has 0 bridgehead atoms. The molecule has 1 saturated heterocycles. The number of ether oxygens (including phenoxy) is 1. The van der Waals surface area contributed by atoms with Gasteiger partial charge in [-0.15, -0.1) is 0 Å². The molecule has 1 fully saturated rings. The summed E-state index contributed by atoms with van der Waals surface area (Å²) in [6.45, 7) is 2.48. The predicted octanol–water partition coefficient (Wildman–Crippen LogP) is -1.80. The zero-order chi connectivity index (χ0) is 19.4. The first-order chi connectivity index (χ1) is 11.4. The molecule has 1 heterocycles. The lowest BCUT2D eigenvalue weighted by Crippen LogP contribution is -2.57. The summed E-state index contributed by atoms with van der Waals surface area (Å²) in [5.41, 5.74) is -2.55. The van der Waals surface area contributed by atoms with Crippen molar-refractivity contribution in [1.29, 1.82) is 0 Å². The predicted molar refractivity (Wildman–Crippen MR) is 87.0 cm³/mol. The lowest BCUT2D eigenvalue weighted by atomic mass is 10.0. The van der Waals surface area contributed by atoms with E-state index in [-0.39, 0.29) is 17.9 Å². The molecule has 0 aromatic heterocycles. The number of rotatable bonds is 7. The van der Waals surface area contributed by atoms with Crippen molar-refractivity contribution in [3.05, 3.63) is 0 Å². The topological polar surface area (TPSA) is 186 Å². The largest absolute Gasteiger partial charge is 0.466 e. The zero-order valence-electron chi connectivity index (χ0n) is 13.6. The summed E-state index contributed by atoms with van der Waals surface area (Å²) in [6, 6.07) is 0. The van der Waals surface area contributed by atoms with Crippen LogP contribution >= 0.6 is 11.8 Å². The average Bonchev–Trinajstić information content (AvgIpc) is 2.52. The van der Waals surface area contributed by atoms with E-state index >= 15 is 0 Å². The Hall–Kier alpha value is -0.510. The highest BCUT2D eigenvalue weighted by Crippen LogP contribution is 2.32. The van der Waals surface area contributed by atoms with Crippen LogP contribution in [0.2, 0.25) is 0 Å². The summed E-state index contributed by atoms with van der Waals surface area (Å²) in [5.74, 6) is 0. The van der Waals surface area contributed by atoms with E-state index < -0.39 is 52.5 Å². The minimum atomic E-state index is -4.89. The van der Waals surface area contributed by atoms with E-state index in [1.54, 1.807) is 6.92 Å². The fourth-order valence-electron chi connectivity index (χ4n) is 1.93. The number of nitrogens with zero attached hydrogens (tertiary/aromatic N) is 1. The van der Waals surface area contributed by atoms with Crippen LogP contribution in [-0.2, 0) is 19.4 Å². The Morgan fingerprint density at radius 1 is 1.28 bits per heavy atom. The summed E-state index contributed by atoms with van der Waals surface area (Å²) < 4.78 is 39.2. The molecule has 0 amide bonds. The molecule has 1 aliphatic heterocycles. The summed E-state index contributed by atoms with van der Waals surface area (Å²) in [4.78, 5) is 0. The Kier molecular flexibility index (Phi) is 8.04. The van der Waals surface area contributed by atoms with E-state index in [0.29, 0.717) is 11.8 Å². The lowest BCUT2D eigenvalue weighted by Gasteiger charge is -2.39. The first kappa shape index (κ1) is 22.5. The molecule has 0 unspecified atom stereocenters. The van der Waals surface area contributed by atoms with Gasteiger partial charge in [-0.3, -0.25) is 4.55 Å². The average molecular weight is 405 g/mol. The SMILES string of the molecule is CC[C@@](C)(O)C/C(=N/OS(=O)(=O)O)S[C@H]1O[C@H](CO)[C@@H](O)[C@H](O)[C@H]1O. The van der Waals surface area contributed by atoms with E-state index in [0.717, 1.165) is 0 Å². The highest BCUT2D eigenvalue weighted by atomic mass is 32.3. The van der Waals surface area contributed by atoms with Gasteiger partial charge >= 0.3 is 10.4 Å². The van der Waals surface area contributed by atoms with Crippen LogP contribution in [-0.4, -0.2) is 85.6 Å². The van der Waals surface area contributed by atoms with Gasteiger partial charge in [0.25, 0.3) is 0 Å². The third-order valence-electron chi connectivity index (χ3n) is 3.63. The standard InChI is InChI=1S/C12H23NO10S2/c1-3-12(2,18)4-7(13-23-25(19,20)21)24-11-10(17)9(16)8(15)6(5-14)22-11/h6,8-11,14-18H,3-5H2,1-2H3,(H,19,20,21)/b13-7-/t6-,8-,9+,10-,11-,12-/m1/s1. The Balaban J connectivity index is 2.99. The lowest BCUT2D eigenvalue weighted by molar-refractivity contribution is -0.205. The first-order valence-electron chi connectivity index (χ1n) is 7.32. The minimum Gasteiger partial charge on any atom is -0.394 e. The number of oxime groups is 1. The van der Waals surface area contributed by atoms with Gasteiger partial charge in [-0.05, 0) is 13.3 Å². The van der Waals surface area contributed by atoms with Crippen LogP contribution in [0.5, 0.6) is 0 Å². The molecule has 11 nitrogen and oxygen atoms in total. The van der Waals surface area contributed by atoms with Crippen LogP contribution in [0.1, 0.15) is 26.7 Å². The highest BCUT2D eigenvalue weighted by molar-refractivity contribution is 8.14. The van der Waals surface area contributed by atoms with Gasteiger partial charge in [0.15, 0.2) is 0 Å². The van der Waals surface area contributed by atoms with Crippen LogP contribution in [0.4, 0.5) is 0 Å². The molecule has 1 rings (SSSR count). The van der Waals surface area contributed by atoms with Crippen LogP contribution < -0.4 is 0 Å². The van der Waals surface area contributed by atoms with E-state index in [2.05, 4.69) is 9.44 Å². The Bertz CT molecular complexity index is 564. The van der Waals surface area contributed by atoms with Crippen molar-refractivity contribution in [2.24, 2.45) is 5.16 Å². The number of aliphatic hydroxyl groups is 5. The molecular weight excluding hydrogens is 382 g/mol. The second-order valence-electron chi connectivity index (χ2n) is 5.83. The van der Waals surface area contributed by atoms with Gasteiger partial charge in [-0.2, -0.15) is 8.42 Å². The number of hydrogen-bond acceptors (Lipinski definition) is 11. The number of hydrogen-bond donors (Lipinski definition) is 6. The Morgan fingerprint density at radius 2 is 1.88 bits per heavy atom. The molecule has 0 spiro atoms. The summed E-state index contributed by atoms with van der Waals surface area (Å²) >= 11 is 0.617. The molecule has 0 aromatic rings. The normalized spacial score (nSPS) is 33.8. The van der Waals surface area contributed by atoms with Crippen molar-refractivity contribution in [1.82, 2.24) is 0 Å². The van der Waals surface area contributed by atoms with E-state index in [4.69, 9.17) is 14.4 Å². The third-order valence-corrected chi connectivity index (χ3v) is 5.00. The molecule has 0 aliphatic carbocycles. The molecular formula is C12H23NO10S2. The van der Waals surface area contributed by atoms with Crippen molar-refractivity contribution >= 4 is 27.2 Å². The van der Waals surface area contributed by atoms with Gasteiger partial charge in [0, 0.05) is 6.42 Å². The van der Waals surface area contributed by atoms with Gasteiger partial charge in [0.05, 0.1) is 12.2 Å². The van der Waals surface area contributed by atoms with Crippen molar-refractivity contribution in [3.63, 3.8) is 0 Å². The molecule has 1 aliphatic rings. The third kappa shape index (κ3) is 6.96. The highest BCUT2D eigenvalue weighted by Gasteiger charge is 2.44. The molecule has 0 saturated carbocycles. The molecule has 6 atom stereocenters. The van der Waals surface area contributed by atoms with Crippen LogP contribution in [0.3, 0.4) is 0 Å². The molecule has 148 valence electrons. The zero-order valence-corrected chi connectivity index (χ0v) is 15.2. The van der Waals surface area contributed by atoms with Crippen molar-refractivity contribution in [2.45, 2.75) is 62.1 Å². The van der Waals surface area contributed by atoms with Gasteiger partial charge < -0.3 is 30.3 Å². The van der Waals surface area contributed by atoms with Crippen LogP contribution in [0.15, 0.2) is 5.16 Å². The van der Waals surface area contributed by atoms with Gasteiger partial charge in [-0.1, -0.05) is 23.8 Å². The molecule has 0 aromatic carbocycles. The maximum Gasteiger partial charge on any atom is 0.466 e. The van der Waals surface area contributed by atoms with Gasteiger partial charge in [-0.25, -0.2) is 4.28 Å². The van der Waals surface area contributed by atoms with Crippen LogP contribution in [0, 0.1) is 0 Å². The Morgan fingerprint density at radius 3 is 2.36 bits per heavy atom. The fourth-order valence-corrected chi connectivity index (χ4v) is 3.41. The maximum atomic E-state index is 10.7. The number of thioether (sulfide) groups is 1. The minimum absolute atomic E-state index is 0.159. The van der Waals surface area contributed by atoms with Crippen LogP contribution in [0.25, 0.3) is 0 Å².